The molecule has 90 valence electrons. The number of aliphatic carboxylic acids is 1. The molecular formula is C12H14N2O3. The summed E-state index contributed by atoms with van der Waals surface area (Å²) in [5, 5.41) is 8.85. The summed E-state index contributed by atoms with van der Waals surface area (Å²) in [6.07, 6.45) is 3.15. The first-order valence-electron chi connectivity index (χ1n) is 5.51. The molecule has 2 heterocycles. The number of carboxylic acids is 1. The van der Waals surface area contributed by atoms with Crippen LogP contribution < -0.4 is 0 Å². The molecule has 1 unspecified atom stereocenters. The second kappa shape index (κ2) is 4.53. The van der Waals surface area contributed by atoms with Gasteiger partial charge in [0.25, 0.3) is 5.91 Å². The second-order valence-electron chi connectivity index (χ2n) is 4.33. The molecule has 1 aromatic rings. The van der Waals surface area contributed by atoms with E-state index in [9.17, 15) is 9.59 Å². The average Bonchev–Trinajstić information content (AvgIpc) is 2.27. The number of rotatable bonds is 3. The van der Waals surface area contributed by atoms with Gasteiger partial charge in [0.2, 0.25) is 0 Å². The SMILES string of the molecule is CC(C(=O)O)C1CN(C(=O)c2ccncc2)C1. The van der Waals surface area contributed by atoms with E-state index >= 15 is 0 Å². The number of amides is 1. The fourth-order valence-corrected chi connectivity index (χ4v) is 1.87. The maximum Gasteiger partial charge on any atom is 0.306 e. The Kier molecular flexibility index (Phi) is 3.08. The molecule has 2 rings (SSSR count). The maximum atomic E-state index is 11.9. The van der Waals surface area contributed by atoms with Crippen molar-refractivity contribution in [2.45, 2.75) is 6.92 Å². The van der Waals surface area contributed by atoms with Crippen molar-refractivity contribution < 1.29 is 14.7 Å². The second-order valence-corrected chi connectivity index (χ2v) is 4.33. The van der Waals surface area contributed by atoms with Crippen LogP contribution >= 0.6 is 0 Å². The van der Waals surface area contributed by atoms with Crippen LogP contribution in [0, 0.1) is 11.8 Å². The van der Waals surface area contributed by atoms with E-state index in [-0.39, 0.29) is 11.8 Å². The van der Waals surface area contributed by atoms with E-state index in [4.69, 9.17) is 5.11 Å². The molecule has 1 aliphatic heterocycles. The van der Waals surface area contributed by atoms with Crippen molar-refractivity contribution in [2.75, 3.05) is 13.1 Å². The number of likely N-dealkylation sites (tertiary alicyclic amines) is 1. The lowest BCUT2D eigenvalue weighted by Crippen LogP contribution is -2.53. The van der Waals surface area contributed by atoms with Crippen molar-refractivity contribution in [3.05, 3.63) is 30.1 Å². The summed E-state index contributed by atoms with van der Waals surface area (Å²) in [6, 6.07) is 3.33. The Hall–Kier alpha value is -1.91. The predicted molar refractivity (Wildman–Crippen MR) is 60.4 cm³/mol. The van der Waals surface area contributed by atoms with E-state index in [1.54, 1.807) is 36.4 Å². The molecule has 0 bridgehead atoms. The van der Waals surface area contributed by atoms with E-state index in [1.807, 2.05) is 0 Å². The zero-order valence-corrected chi connectivity index (χ0v) is 9.54. The molecule has 0 aliphatic carbocycles. The van der Waals surface area contributed by atoms with Crippen molar-refractivity contribution in [3.63, 3.8) is 0 Å². The third kappa shape index (κ3) is 2.27. The minimum absolute atomic E-state index is 0.0544. The Morgan fingerprint density at radius 2 is 2.00 bits per heavy atom. The Morgan fingerprint density at radius 1 is 1.41 bits per heavy atom. The van der Waals surface area contributed by atoms with E-state index < -0.39 is 11.9 Å². The monoisotopic (exact) mass is 234 g/mol. The van der Waals surface area contributed by atoms with Gasteiger partial charge in [0.1, 0.15) is 0 Å². The van der Waals surface area contributed by atoms with Gasteiger partial charge in [-0.05, 0) is 12.1 Å². The van der Waals surface area contributed by atoms with Crippen LogP contribution in [0.25, 0.3) is 0 Å². The topological polar surface area (TPSA) is 70.5 Å². The first-order chi connectivity index (χ1) is 8.09. The normalized spacial score (nSPS) is 17.4. The van der Waals surface area contributed by atoms with Crippen molar-refractivity contribution >= 4 is 11.9 Å². The molecule has 1 atom stereocenters. The molecule has 17 heavy (non-hydrogen) atoms. The summed E-state index contributed by atoms with van der Waals surface area (Å²) in [5.74, 6) is -1.18. The number of hydrogen-bond donors (Lipinski definition) is 1. The largest absolute Gasteiger partial charge is 0.481 e. The number of hydrogen-bond acceptors (Lipinski definition) is 3. The van der Waals surface area contributed by atoms with Gasteiger partial charge in [-0.3, -0.25) is 14.6 Å². The molecule has 0 aromatic carbocycles. The molecule has 0 spiro atoms. The number of pyridine rings is 1. The number of carbonyl (C=O) groups is 2. The number of aromatic nitrogens is 1. The highest BCUT2D eigenvalue weighted by atomic mass is 16.4. The standard InChI is InChI=1S/C12H14N2O3/c1-8(12(16)17)10-6-14(7-10)11(15)9-2-4-13-5-3-9/h2-5,8,10H,6-7H2,1H3,(H,16,17). The van der Waals surface area contributed by atoms with Crippen LogP contribution in [0.3, 0.4) is 0 Å². The lowest BCUT2D eigenvalue weighted by atomic mass is 9.86. The molecule has 0 saturated carbocycles. The van der Waals surface area contributed by atoms with Gasteiger partial charge >= 0.3 is 5.97 Å². The fraction of sp³-hybridized carbons (Fsp3) is 0.417. The summed E-state index contributed by atoms with van der Waals surface area (Å²) in [5.41, 5.74) is 0.599. The predicted octanol–water partition coefficient (Wildman–Crippen LogP) is 0.874. The van der Waals surface area contributed by atoms with Crippen LogP contribution in [0.2, 0.25) is 0 Å². The smallest absolute Gasteiger partial charge is 0.306 e. The quantitative estimate of drug-likeness (QED) is 0.842. The Bertz CT molecular complexity index is 427. The molecule has 0 radical (unpaired) electrons. The molecule has 1 N–H and O–H groups in total. The van der Waals surface area contributed by atoms with E-state index in [0.717, 1.165) is 0 Å². The first-order valence-corrected chi connectivity index (χ1v) is 5.51. The minimum Gasteiger partial charge on any atom is -0.481 e. The Morgan fingerprint density at radius 3 is 2.53 bits per heavy atom. The minimum atomic E-state index is -0.800. The van der Waals surface area contributed by atoms with Gasteiger partial charge < -0.3 is 10.0 Å². The van der Waals surface area contributed by atoms with Crippen molar-refractivity contribution in [1.82, 2.24) is 9.88 Å². The van der Waals surface area contributed by atoms with Gasteiger partial charge in [-0.1, -0.05) is 6.92 Å². The van der Waals surface area contributed by atoms with Gasteiger partial charge in [-0.15, -0.1) is 0 Å². The number of nitrogens with zero attached hydrogens (tertiary/aromatic N) is 2. The van der Waals surface area contributed by atoms with Gasteiger partial charge in [0.05, 0.1) is 5.92 Å². The van der Waals surface area contributed by atoms with Crippen molar-refractivity contribution in [2.24, 2.45) is 11.8 Å². The molecule has 1 aromatic heterocycles. The molecule has 1 saturated heterocycles. The Balaban J connectivity index is 1.92. The highest BCUT2D eigenvalue weighted by Crippen LogP contribution is 2.25. The third-order valence-corrected chi connectivity index (χ3v) is 3.22. The highest BCUT2D eigenvalue weighted by molar-refractivity contribution is 5.94. The van der Waals surface area contributed by atoms with Crippen LogP contribution in [-0.4, -0.2) is 40.0 Å². The Labute approximate surface area is 99.1 Å². The van der Waals surface area contributed by atoms with Crippen LogP contribution in [0.15, 0.2) is 24.5 Å². The van der Waals surface area contributed by atoms with Gasteiger partial charge in [0.15, 0.2) is 0 Å². The molecule has 1 aliphatic rings. The molecule has 5 heteroatoms. The summed E-state index contributed by atoms with van der Waals surface area (Å²) < 4.78 is 0. The number of carboxylic acid groups (broad SMARTS) is 1. The van der Waals surface area contributed by atoms with E-state index in [0.29, 0.717) is 18.7 Å². The zero-order chi connectivity index (χ0) is 12.4. The van der Waals surface area contributed by atoms with Crippen LogP contribution in [0.1, 0.15) is 17.3 Å². The van der Waals surface area contributed by atoms with Crippen LogP contribution in [0.4, 0.5) is 0 Å². The first kappa shape index (κ1) is 11.6. The maximum absolute atomic E-state index is 11.9. The van der Waals surface area contributed by atoms with Gasteiger partial charge in [0, 0.05) is 37.0 Å². The zero-order valence-electron chi connectivity index (χ0n) is 9.54. The van der Waals surface area contributed by atoms with E-state index in [1.165, 1.54) is 0 Å². The van der Waals surface area contributed by atoms with Crippen molar-refractivity contribution in [1.29, 1.82) is 0 Å². The molecule has 1 fully saturated rings. The lowest BCUT2D eigenvalue weighted by Gasteiger charge is -2.41. The van der Waals surface area contributed by atoms with Crippen LogP contribution in [-0.2, 0) is 4.79 Å². The molecular weight excluding hydrogens is 220 g/mol. The summed E-state index contributed by atoms with van der Waals surface area (Å²) in [6.45, 7) is 2.73. The third-order valence-electron chi connectivity index (χ3n) is 3.22. The van der Waals surface area contributed by atoms with Gasteiger partial charge in [-0.2, -0.15) is 0 Å². The fourth-order valence-electron chi connectivity index (χ4n) is 1.87. The summed E-state index contributed by atoms with van der Waals surface area (Å²) in [7, 11) is 0. The lowest BCUT2D eigenvalue weighted by molar-refractivity contribution is -0.144. The molecule has 5 nitrogen and oxygen atoms in total. The van der Waals surface area contributed by atoms with Crippen LogP contribution in [0.5, 0.6) is 0 Å². The highest BCUT2D eigenvalue weighted by Gasteiger charge is 2.37. The molecule has 1 amide bonds. The number of carbonyl (C=O) groups excluding carboxylic acids is 1. The average molecular weight is 234 g/mol. The summed E-state index contributed by atoms with van der Waals surface area (Å²) >= 11 is 0. The van der Waals surface area contributed by atoms with E-state index in [2.05, 4.69) is 4.98 Å². The summed E-state index contributed by atoms with van der Waals surface area (Å²) in [4.78, 5) is 28.2. The van der Waals surface area contributed by atoms with Gasteiger partial charge in [-0.25, -0.2) is 0 Å². The van der Waals surface area contributed by atoms with Crippen molar-refractivity contribution in [3.8, 4) is 0 Å².